The Labute approximate surface area is 165 Å². The Morgan fingerprint density at radius 1 is 1.00 bits per heavy atom. The van der Waals surface area contributed by atoms with Gasteiger partial charge in [-0.15, -0.1) is 0 Å². The number of carbonyl (C=O) groups excluding carboxylic acids is 1. The van der Waals surface area contributed by atoms with E-state index in [4.69, 9.17) is 14.7 Å². The highest BCUT2D eigenvalue weighted by molar-refractivity contribution is 9.10. The number of nitriles is 1. The molecule has 0 radical (unpaired) electrons. The molecule has 6 heteroatoms. The Morgan fingerprint density at radius 2 is 1.78 bits per heavy atom. The Balaban J connectivity index is 1.74. The van der Waals surface area contributed by atoms with Crippen LogP contribution in [0.3, 0.4) is 0 Å². The van der Waals surface area contributed by atoms with Crippen LogP contribution in [-0.2, 0) is 0 Å². The third-order valence-electron chi connectivity index (χ3n) is 3.57. The summed E-state index contributed by atoms with van der Waals surface area (Å²) < 4.78 is 12.0. The largest absolute Gasteiger partial charge is 0.479 e. The van der Waals surface area contributed by atoms with Crippen molar-refractivity contribution in [3.8, 4) is 23.3 Å². The summed E-state index contributed by atoms with van der Waals surface area (Å²) in [5.74, 6) is 1.37. The first-order valence-corrected chi connectivity index (χ1v) is 8.88. The normalized spacial score (nSPS) is 9.93. The summed E-state index contributed by atoms with van der Waals surface area (Å²) in [4.78, 5) is 12.7. The standard InChI is InChI=1S/C21H15BrN2O3/c22-15-4-3-5-18(14-15)27-20-7-2-1-6-19(20)21(25)24-16-8-10-17(11-9-16)26-13-12-23/h1-11,14H,13H2,(H,24,25). The zero-order valence-corrected chi connectivity index (χ0v) is 15.8. The van der Waals surface area contributed by atoms with Crippen molar-refractivity contribution in [1.29, 1.82) is 5.26 Å². The van der Waals surface area contributed by atoms with Crippen LogP contribution < -0.4 is 14.8 Å². The molecule has 0 spiro atoms. The maximum Gasteiger partial charge on any atom is 0.259 e. The third kappa shape index (κ3) is 5.09. The molecule has 3 aromatic carbocycles. The molecular weight excluding hydrogens is 408 g/mol. The molecule has 0 atom stereocenters. The van der Waals surface area contributed by atoms with Crippen LogP contribution in [0.5, 0.6) is 17.2 Å². The molecule has 1 amide bonds. The molecular formula is C21H15BrN2O3. The second kappa shape index (κ2) is 8.88. The van der Waals surface area contributed by atoms with Crippen LogP contribution in [0.4, 0.5) is 5.69 Å². The van der Waals surface area contributed by atoms with Crippen LogP contribution in [0.25, 0.3) is 0 Å². The summed E-state index contributed by atoms with van der Waals surface area (Å²) in [7, 11) is 0. The predicted octanol–water partition coefficient (Wildman–Crippen LogP) is 5.40. The number of hydrogen-bond acceptors (Lipinski definition) is 4. The number of halogens is 1. The first kappa shape index (κ1) is 18.5. The van der Waals surface area contributed by atoms with Gasteiger partial charge < -0.3 is 14.8 Å². The molecule has 0 unspecified atom stereocenters. The lowest BCUT2D eigenvalue weighted by atomic mass is 10.1. The summed E-state index contributed by atoms with van der Waals surface area (Å²) in [6.45, 7) is -0.0218. The van der Waals surface area contributed by atoms with E-state index < -0.39 is 0 Å². The van der Waals surface area contributed by atoms with E-state index in [-0.39, 0.29) is 12.5 Å². The quantitative estimate of drug-likeness (QED) is 0.577. The minimum Gasteiger partial charge on any atom is -0.479 e. The number of para-hydroxylation sites is 1. The van der Waals surface area contributed by atoms with Crippen LogP contribution in [-0.4, -0.2) is 12.5 Å². The molecule has 0 heterocycles. The van der Waals surface area contributed by atoms with E-state index >= 15 is 0 Å². The number of benzene rings is 3. The van der Waals surface area contributed by atoms with Gasteiger partial charge in [-0.2, -0.15) is 5.26 Å². The van der Waals surface area contributed by atoms with Gasteiger partial charge in [0.05, 0.1) is 5.56 Å². The van der Waals surface area contributed by atoms with Gasteiger partial charge in [0, 0.05) is 10.2 Å². The number of rotatable bonds is 6. The molecule has 134 valence electrons. The van der Waals surface area contributed by atoms with Crippen molar-refractivity contribution in [2.45, 2.75) is 0 Å². The van der Waals surface area contributed by atoms with Crippen LogP contribution in [0, 0.1) is 11.3 Å². The fourth-order valence-electron chi connectivity index (χ4n) is 2.35. The average Bonchev–Trinajstić information content (AvgIpc) is 2.68. The second-order valence-corrected chi connectivity index (χ2v) is 6.40. The molecule has 0 fully saturated rings. The smallest absolute Gasteiger partial charge is 0.259 e. The minimum absolute atomic E-state index is 0.0218. The number of anilines is 1. The zero-order valence-electron chi connectivity index (χ0n) is 14.2. The second-order valence-electron chi connectivity index (χ2n) is 5.48. The lowest BCUT2D eigenvalue weighted by molar-refractivity contribution is 0.102. The molecule has 0 saturated heterocycles. The Morgan fingerprint density at radius 3 is 2.52 bits per heavy atom. The highest BCUT2D eigenvalue weighted by Crippen LogP contribution is 2.28. The molecule has 0 aromatic heterocycles. The number of carbonyl (C=O) groups is 1. The maximum atomic E-state index is 12.7. The Hall–Kier alpha value is -3.30. The van der Waals surface area contributed by atoms with Gasteiger partial charge in [-0.1, -0.05) is 34.1 Å². The van der Waals surface area contributed by atoms with Crippen LogP contribution in [0.1, 0.15) is 10.4 Å². The average molecular weight is 423 g/mol. The maximum absolute atomic E-state index is 12.7. The molecule has 1 N–H and O–H groups in total. The van der Waals surface area contributed by atoms with Crippen LogP contribution in [0.2, 0.25) is 0 Å². The van der Waals surface area contributed by atoms with E-state index in [9.17, 15) is 4.79 Å². The van der Waals surface area contributed by atoms with Crippen molar-refractivity contribution in [2.24, 2.45) is 0 Å². The third-order valence-corrected chi connectivity index (χ3v) is 4.06. The lowest BCUT2D eigenvalue weighted by Gasteiger charge is -2.12. The van der Waals surface area contributed by atoms with Gasteiger partial charge in [-0.3, -0.25) is 4.79 Å². The summed E-state index contributed by atoms with van der Waals surface area (Å²) in [5, 5.41) is 11.4. The van der Waals surface area contributed by atoms with E-state index in [1.165, 1.54) is 0 Å². The number of ether oxygens (including phenoxy) is 2. The predicted molar refractivity (Wildman–Crippen MR) is 106 cm³/mol. The summed E-state index contributed by atoms with van der Waals surface area (Å²) >= 11 is 3.40. The fourth-order valence-corrected chi connectivity index (χ4v) is 2.73. The highest BCUT2D eigenvalue weighted by Gasteiger charge is 2.13. The molecule has 0 bridgehead atoms. The van der Waals surface area contributed by atoms with Gasteiger partial charge in [0.25, 0.3) is 5.91 Å². The molecule has 0 aliphatic heterocycles. The fraction of sp³-hybridized carbons (Fsp3) is 0.0476. The topological polar surface area (TPSA) is 71.3 Å². The van der Waals surface area contributed by atoms with Gasteiger partial charge in [-0.25, -0.2) is 0 Å². The van der Waals surface area contributed by atoms with E-state index in [2.05, 4.69) is 21.2 Å². The van der Waals surface area contributed by atoms with E-state index in [1.54, 1.807) is 42.5 Å². The van der Waals surface area contributed by atoms with Crippen LogP contribution >= 0.6 is 15.9 Å². The Kier molecular flexibility index (Phi) is 6.08. The van der Waals surface area contributed by atoms with Crippen molar-refractivity contribution < 1.29 is 14.3 Å². The van der Waals surface area contributed by atoms with Gasteiger partial charge in [0.1, 0.15) is 23.3 Å². The van der Waals surface area contributed by atoms with Crippen molar-refractivity contribution in [3.63, 3.8) is 0 Å². The number of amides is 1. The molecule has 3 aromatic rings. The molecule has 0 aliphatic rings. The highest BCUT2D eigenvalue weighted by atomic mass is 79.9. The van der Waals surface area contributed by atoms with Gasteiger partial charge in [0.2, 0.25) is 0 Å². The molecule has 0 aliphatic carbocycles. The van der Waals surface area contributed by atoms with Crippen molar-refractivity contribution in [1.82, 2.24) is 0 Å². The zero-order chi connectivity index (χ0) is 19.1. The lowest BCUT2D eigenvalue weighted by Crippen LogP contribution is -2.13. The Bertz CT molecular complexity index is 981. The summed E-state index contributed by atoms with van der Waals surface area (Å²) in [6, 6.07) is 23.2. The van der Waals surface area contributed by atoms with E-state index in [0.29, 0.717) is 28.5 Å². The molecule has 27 heavy (non-hydrogen) atoms. The monoisotopic (exact) mass is 422 g/mol. The molecule has 0 saturated carbocycles. The van der Waals surface area contributed by atoms with Gasteiger partial charge >= 0.3 is 0 Å². The van der Waals surface area contributed by atoms with Crippen molar-refractivity contribution in [2.75, 3.05) is 11.9 Å². The van der Waals surface area contributed by atoms with Crippen molar-refractivity contribution in [3.05, 3.63) is 82.8 Å². The number of nitrogens with zero attached hydrogens (tertiary/aromatic N) is 1. The van der Waals surface area contributed by atoms with E-state index in [1.807, 2.05) is 36.4 Å². The number of hydrogen-bond donors (Lipinski definition) is 1. The summed E-state index contributed by atoms with van der Waals surface area (Å²) in [5.41, 5.74) is 1.03. The molecule has 3 rings (SSSR count). The van der Waals surface area contributed by atoms with Crippen molar-refractivity contribution >= 4 is 27.5 Å². The SMILES string of the molecule is N#CCOc1ccc(NC(=O)c2ccccc2Oc2cccc(Br)c2)cc1. The number of nitrogens with one attached hydrogen (secondary N) is 1. The first-order chi connectivity index (χ1) is 13.2. The van der Waals surface area contributed by atoms with Gasteiger partial charge in [-0.05, 0) is 54.6 Å². The van der Waals surface area contributed by atoms with Gasteiger partial charge in [0.15, 0.2) is 6.61 Å². The van der Waals surface area contributed by atoms with Crippen LogP contribution in [0.15, 0.2) is 77.3 Å². The summed E-state index contributed by atoms with van der Waals surface area (Å²) in [6.07, 6.45) is 0. The molecule has 5 nitrogen and oxygen atoms in total. The van der Waals surface area contributed by atoms with E-state index in [0.717, 1.165) is 4.47 Å². The first-order valence-electron chi connectivity index (χ1n) is 8.09. The minimum atomic E-state index is -0.286.